The highest BCUT2D eigenvalue weighted by molar-refractivity contribution is 5.74. The second-order valence-corrected chi connectivity index (χ2v) is 5.46. The van der Waals surface area contributed by atoms with Crippen LogP contribution < -0.4 is 0 Å². The predicted molar refractivity (Wildman–Crippen MR) is 93.8 cm³/mol. The molecule has 0 aliphatic heterocycles. The van der Waals surface area contributed by atoms with Crippen molar-refractivity contribution in [2.75, 3.05) is 0 Å². The van der Waals surface area contributed by atoms with Gasteiger partial charge in [-0.2, -0.15) is 0 Å². The van der Waals surface area contributed by atoms with Gasteiger partial charge in [0.25, 0.3) is 0 Å². The molecule has 126 valence electrons. The Bertz CT molecular complexity index is 976. The molecule has 0 aliphatic rings. The molecule has 0 aliphatic carbocycles. The van der Waals surface area contributed by atoms with E-state index in [9.17, 15) is 0 Å². The van der Waals surface area contributed by atoms with E-state index in [1.807, 2.05) is 0 Å². The summed E-state index contributed by atoms with van der Waals surface area (Å²) >= 11 is 0. The Kier molecular flexibility index (Phi) is 4.15. The zero-order valence-electron chi connectivity index (χ0n) is 13.5. The number of hydrogen-bond acceptors (Lipinski definition) is 4. The van der Waals surface area contributed by atoms with Crippen LogP contribution in [-0.4, -0.2) is 19.9 Å². The fourth-order valence-electron chi connectivity index (χ4n) is 2.62. The maximum Gasteiger partial charge on any atom is 0.163 e. The fourth-order valence-corrected chi connectivity index (χ4v) is 2.62. The first-order valence-electron chi connectivity index (χ1n) is 7.89. The Morgan fingerprint density at radius 2 is 0.962 bits per heavy atom. The normalized spacial score (nSPS) is 10.7. The van der Waals surface area contributed by atoms with Gasteiger partial charge in [0.05, 0.1) is 22.6 Å². The van der Waals surface area contributed by atoms with E-state index in [1.54, 1.807) is 54.6 Å². The summed E-state index contributed by atoms with van der Waals surface area (Å²) in [6.07, 6.45) is 4.54. The molecule has 0 radical (unpaired) electrons. The average molecular weight is 346 g/mol. The quantitative estimate of drug-likeness (QED) is 0.546. The molecule has 4 aromatic heterocycles. The Labute approximate surface area is 148 Å². The Morgan fingerprint density at radius 3 is 1.35 bits per heavy atom. The van der Waals surface area contributed by atoms with Crippen molar-refractivity contribution >= 4 is 0 Å². The molecule has 4 heterocycles. The van der Waals surface area contributed by atoms with E-state index >= 15 is 8.78 Å². The lowest BCUT2D eigenvalue weighted by atomic mass is 10.0. The van der Waals surface area contributed by atoms with Crippen LogP contribution in [-0.2, 0) is 0 Å². The molecule has 0 saturated carbocycles. The Balaban J connectivity index is 2.05. The van der Waals surface area contributed by atoms with Crippen LogP contribution in [0.1, 0.15) is 0 Å². The molecule has 4 nitrogen and oxygen atoms in total. The average Bonchev–Trinajstić information content (AvgIpc) is 2.70. The highest BCUT2D eigenvalue weighted by Gasteiger charge is 2.24. The van der Waals surface area contributed by atoms with E-state index in [0.29, 0.717) is 11.4 Å². The van der Waals surface area contributed by atoms with Crippen molar-refractivity contribution in [3.63, 3.8) is 0 Å². The van der Waals surface area contributed by atoms with Crippen LogP contribution in [0.2, 0.25) is 0 Å². The minimum absolute atomic E-state index is 0.0479. The molecule has 6 heteroatoms. The summed E-state index contributed by atoms with van der Waals surface area (Å²) in [7, 11) is 0. The standard InChI is InChI=1S/C20H12F2N4/c21-17-16(13-7-1-4-10-23-13)18(22)20(15-9-3-6-12-25-15)26-19(17)14-8-2-5-11-24-14/h1-12H. The van der Waals surface area contributed by atoms with E-state index in [1.165, 1.54) is 18.6 Å². The first-order chi connectivity index (χ1) is 12.8. The molecule has 0 N–H and O–H groups in total. The summed E-state index contributed by atoms with van der Waals surface area (Å²) in [5.74, 6) is -1.61. The summed E-state index contributed by atoms with van der Waals surface area (Å²) in [5, 5.41) is 0. The first kappa shape index (κ1) is 16.0. The third-order valence-electron chi connectivity index (χ3n) is 3.81. The molecule has 0 fully saturated rings. The molecule has 26 heavy (non-hydrogen) atoms. The van der Waals surface area contributed by atoms with Crippen molar-refractivity contribution in [1.29, 1.82) is 0 Å². The number of halogens is 2. The smallest absolute Gasteiger partial charge is 0.163 e. The fraction of sp³-hybridized carbons (Fsp3) is 0. The predicted octanol–water partition coefficient (Wildman–Crippen LogP) is 4.55. The van der Waals surface area contributed by atoms with Gasteiger partial charge in [0, 0.05) is 18.6 Å². The van der Waals surface area contributed by atoms with Crippen LogP contribution in [0.3, 0.4) is 0 Å². The molecular formula is C20H12F2N4. The number of hydrogen-bond donors (Lipinski definition) is 0. The summed E-state index contributed by atoms with van der Waals surface area (Å²) < 4.78 is 30.4. The van der Waals surface area contributed by atoms with Crippen LogP contribution in [0.15, 0.2) is 73.2 Å². The highest BCUT2D eigenvalue weighted by atomic mass is 19.1. The highest BCUT2D eigenvalue weighted by Crippen LogP contribution is 2.34. The zero-order chi connectivity index (χ0) is 17.9. The lowest BCUT2D eigenvalue weighted by Gasteiger charge is -2.12. The van der Waals surface area contributed by atoms with Gasteiger partial charge in [0.15, 0.2) is 11.6 Å². The van der Waals surface area contributed by atoms with E-state index < -0.39 is 11.6 Å². The van der Waals surface area contributed by atoms with Gasteiger partial charge in [-0.1, -0.05) is 18.2 Å². The lowest BCUT2D eigenvalue weighted by molar-refractivity contribution is 0.583. The van der Waals surface area contributed by atoms with Crippen molar-refractivity contribution in [2.45, 2.75) is 0 Å². The van der Waals surface area contributed by atoms with Gasteiger partial charge in [-0.3, -0.25) is 15.0 Å². The third-order valence-corrected chi connectivity index (χ3v) is 3.81. The van der Waals surface area contributed by atoms with E-state index in [2.05, 4.69) is 19.9 Å². The van der Waals surface area contributed by atoms with Crippen molar-refractivity contribution < 1.29 is 8.78 Å². The third kappa shape index (κ3) is 2.82. The Morgan fingerprint density at radius 1 is 0.538 bits per heavy atom. The topological polar surface area (TPSA) is 51.6 Å². The van der Waals surface area contributed by atoms with Crippen LogP contribution in [0, 0.1) is 11.6 Å². The number of nitrogens with zero attached hydrogens (tertiary/aromatic N) is 4. The number of aromatic nitrogens is 4. The molecule has 0 aromatic carbocycles. The summed E-state index contributed by atoms with van der Waals surface area (Å²) in [6.45, 7) is 0. The van der Waals surface area contributed by atoms with Gasteiger partial charge in [-0.15, -0.1) is 0 Å². The first-order valence-corrected chi connectivity index (χ1v) is 7.89. The molecule has 0 spiro atoms. The van der Waals surface area contributed by atoms with Gasteiger partial charge >= 0.3 is 0 Å². The van der Waals surface area contributed by atoms with E-state index in [-0.39, 0.29) is 22.6 Å². The molecule has 0 amide bonds. The van der Waals surface area contributed by atoms with Crippen LogP contribution in [0.5, 0.6) is 0 Å². The minimum atomic E-state index is -0.806. The largest absolute Gasteiger partial charge is 0.256 e. The lowest BCUT2D eigenvalue weighted by Crippen LogP contribution is -2.04. The van der Waals surface area contributed by atoms with Gasteiger partial charge in [-0.25, -0.2) is 13.8 Å². The Hall–Kier alpha value is -3.54. The van der Waals surface area contributed by atoms with Gasteiger partial charge < -0.3 is 0 Å². The number of rotatable bonds is 3. The van der Waals surface area contributed by atoms with Crippen molar-refractivity contribution in [1.82, 2.24) is 19.9 Å². The second-order valence-electron chi connectivity index (χ2n) is 5.46. The monoisotopic (exact) mass is 346 g/mol. The maximum absolute atomic E-state index is 15.2. The van der Waals surface area contributed by atoms with Gasteiger partial charge in [0.1, 0.15) is 11.4 Å². The molecule has 0 unspecified atom stereocenters. The molecule has 4 rings (SSSR count). The molecule has 4 aromatic rings. The van der Waals surface area contributed by atoms with Crippen molar-refractivity contribution in [2.24, 2.45) is 0 Å². The van der Waals surface area contributed by atoms with Crippen LogP contribution in [0.4, 0.5) is 8.78 Å². The van der Waals surface area contributed by atoms with Crippen molar-refractivity contribution in [3.05, 3.63) is 84.8 Å². The second kappa shape index (κ2) is 6.76. The summed E-state index contributed by atoms with van der Waals surface area (Å²) in [5.41, 5.74) is 0.446. The molecule has 0 bridgehead atoms. The van der Waals surface area contributed by atoms with E-state index in [4.69, 9.17) is 0 Å². The van der Waals surface area contributed by atoms with Gasteiger partial charge in [0.2, 0.25) is 0 Å². The maximum atomic E-state index is 15.2. The van der Waals surface area contributed by atoms with Crippen LogP contribution in [0.25, 0.3) is 34.0 Å². The summed E-state index contributed by atoms with van der Waals surface area (Å²) in [6, 6.07) is 15.0. The zero-order valence-corrected chi connectivity index (χ0v) is 13.5. The SMILES string of the molecule is Fc1c(-c2ccccn2)nc(-c2ccccn2)c(F)c1-c1ccccn1. The van der Waals surface area contributed by atoms with E-state index in [0.717, 1.165) is 0 Å². The number of pyridine rings is 4. The molecule has 0 atom stereocenters. The minimum Gasteiger partial charge on any atom is -0.256 e. The molecular weight excluding hydrogens is 334 g/mol. The summed E-state index contributed by atoms with van der Waals surface area (Å²) in [4.78, 5) is 16.6. The molecule has 0 saturated heterocycles. The van der Waals surface area contributed by atoms with Crippen molar-refractivity contribution in [3.8, 4) is 34.0 Å². The van der Waals surface area contributed by atoms with Crippen LogP contribution >= 0.6 is 0 Å². The van der Waals surface area contributed by atoms with Gasteiger partial charge in [-0.05, 0) is 36.4 Å².